The number of phenols is 1. The maximum absolute atomic E-state index is 10.6. The van der Waals surface area contributed by atoms with E-state index in [0.717, 1.165) is 28.4 Å². The van der Waals surface area contributed by atoms with E-state index in [4.69, 9.17) is 0 Å². The second-order valence-corrected chi connectivity index (χ2v) is 8.87. The molecule has 0 atom stereocenters. The first kappa shape index (κ1) is 17.8. The summed E-state index contributed by atoms with van der Waals surface area (Å²) >= 11 is 6.15. The second kappa shape index (κ2) is 6.65. The third kappa shape index (κ3) is 4.63. The van der Waals surface area contributed by atoms with Gasteiger partial charge >= 0.3 is 0 Å². The van der Waals surface area contributed by atoms with Gasteiger partial charge < -0.3 is 5.11 Å². The SMILES string of the molecule is CC(C)(C)c1cc(CSCCS)cc(C(C)(C)C)c1O. The van der Waals surface area contributed by atoms with Gasteiger partial charge in [0, 0.05) is 11.5 Å². The van der Waals surface area contributed by atoms with E-state index in [1.54, 1.807) is 0 Å². The average molecular weight is 313 g/mol. The standard InChI is InChI=1S/C17H28OS2/c1-16(2,3)13-9-12(11-20-8-7-19)10-14(15(13)18)17(4,5)6/h9-10,18-19H,7-8,11H2,1-6H3. The third-order valence-electron chi connectivity index (χ3n) is 3.29. The molecule has 0 spiro atoms. The summed E-state index contributed by atoms with van der Waals surface area (Å²) in [6.45, 7) is 12.9. The minimum Gasteiger partial charge on any atom is -0.507 e. The Morgan fingerprint density at radius 3 is 1.80 bits per heavy atom. The number of phenolic OH excluding ortho intramolecular Hbond substituents is 1. The van der Waals surface area contributed by atoms with Gasteiger partial charge in [-0.3, -0.25) is 0 Å². The Labute approximate surface area is 134 Å². The fraction of sp³-hybridized carbons (Fsp3) is 0.647. The van der Waals surface area contributed by atoms with E-state index in [2.05, 4.69) is 66.3 Å². The van der Waals surface area contributed by atoms with E-state index in [1.165, 1.54) is 5.56 Å². The summed E-state index contributed by atoms with van der Waals surface area (Å²) in [7, 11) is 0. The van der Waals surface area contributed by atoms with Crippen LogP contribution in [0.1, 0.15) is 58.2 Å². The highest BCUT2D eigenvalue weighted by Gasteiger charge is 2.26. The molecule has 0 heterocycles. The van der Waals surface area contributed by atoms with Crippen LogP contribution in [0.3, 0.4) is 0 Å². The molecule has 0 aliphatic carbocycles. The van der Waals surface area contributed by atoms with Crippen LogP contribution in [-0.2, 0) is 16.6 Å². The van der Waals surface area contributed by atoms with E-state index in [0.29, 0.717) is 5.75 Å². The van der Waals surface area contributed by atoms with Gasteiger partial charge in [-0.1, -0.05) is 53.7 Å². The Bertz CT molecular complexity index is 418. The van der Waals surface area contributed by atoms with Crippen molar-refractivity contribution in [1.29, 1.82) is 0 Å². The summed E-state index contributed by atoms with van der Waals surface area (Å²) in [5.41, 5.74) is 3.30. The molecular weight excluding hydrogens is 284 g/mol. The lowest BCUT2D eigenvalue weighted by Crippen LogP contribution is -2.17. The average Bonchev–Trinajstić information content (AvgIpc) is 2.28. The zero-order chi connectivity index (χ0) is 15.6. The van der Waals surface area contributed by atoms with Crippen LogP contribution in [0.15, 0.2) is 12.1 Å². The van der Waals surface area contributed by atoms with Crippen molar-refractivity contribution < 1.29 is 5.11 Å². The van der Waals surface area contributed by atoms with Gasteiger partial charge in [0.25, 0.3) is 0 Å². The van der Waals surface area contributed by atoms with Gasteiger partial charge in [-0.15, -0.1) is 0 Å². The van der Waals surface area contributed by atoms with Gasteiger partial charge in [-0.25, -0.2) is 0 Å². The number of hydrogen-bond donors (Lipinski definition) is 2. The van der Waals surface area contributed by atoms with Crippen molar-refractivity contribution in [2.75, 3.05) is 11.5 Å². The molecule has 0 aliphatic heterocycles. The molecule has 1 aromatic rings. The van der Waals surface area contributed by atoms with Crippen LogP contribution in [0.5, 0.6) is 5.75 Å². The van der Waals surface area contributed by atoms with Crippen LogP contribution >= 0.6 is 24.4 Å². The molecule has 0 saturated heterocycles. The summed E-state index contributed by atoms with van der Waals surface area (Å²) in [4.78, 5) is 0. The van der Waals surface area contributed by atoms with Crippen molar-refractivity contribution in [2.24, 2.45) is 0 Å². The molecule has 0 amide bonds. The minimum absolute atomic E-state index is 0.0473. The Morgan fingerprint density at radius 2 is 1.45 bits per heavy atom. The molecule has 0 aromatic heterocycles. The molecular formula is C17H28OS2. The number of aromatic hydroxyl groups is 1. The van der Waals surface area contributed by atoms with E-state index < -0.39 is 0 Å². The predicted molar refractivity (Wildman–Crippen MR) is 95.5 cm³/mol. The Kier molecular flexibility index (Phi) is 5.91. The Hall–Kier alpha value is -0.280. The number of thioether (sulfide) groups is 1. The van der Waals surface area contributed by atoms with Crippen LogP contribution in [0.4, 0.5) is 0 Å². The molecule has 1 aromatic carbocycles. The molecule has 1 nitrogen and oxygen atoms in total. The van der Waals surface area contributed by atoms with Crippen LogP contribution in [0.25, 0.3) is 0 Å². The number of thiol groups is 1. The fourth-order valence-corrected chi connectivity index (χ4v) is 3.24. The Balaban J connectivity index is 3.28. The summed E-state index contributed by atoms with van der Waals surface area (Å²) < 4.78 is 0. The van der Waals surface area contributed by atoms with Crippen molar-refractivity contribution in [3.05, 3.63) is 28.8 Å². The molecule has 0 saturated carbocycles. The molecule has 1 rings (SSSR count). The first-order chi connectivity index (χ1) is 9.07. The highest BCUT2D eigenvalue weighted by molar-refractivity contribution is 7.99. The first-order valence-corrected chi connectivity index (χ1v) is 8.91. The monoisotopic (exact) mass is 312 g/mol. The molecule has 0 aliphatic rings. The van der Waals surface area contributed by atoms with Crippen molar-refractivity contribution in [2.45, 2.75) is 58.1 Å². The molecule has 0 radical (unpaired) electrons. The molecule has 0 fully saturated rings. The lowest BCUT2D eigenvalue weighted by atomic mass is 9.78. The van der Waals surface area contributed by atoms with Gasteiger partial charge in [0.1, 0.15) is 5.75 Å². The summed E-state index contributed by atoms with van der Waals surface area (Å²) in [5.74, 6) is 3.40. The third-order valence-corrected chi connectivity index (χ3v) is 4.85. The lowest BCUT2D eigenvalue weighted by molar-refractivity contribution is 0.423. The van der Waals surface area contributed by atoms with Crippen LogP contribution in [0, 0.1) is 0 Å². The van der Waals surface area contributed by atoms with E-state index in [-0.39, 0.29) is 10.8 Å². The minimum atomic E-state index is -0.0473. The zero-order valence-electron chi connectivity index (χ0n) is 13.6. The summed E-state index contributed by atoms with van der Waals surface area (Å²) in [5, 5.41) is 10.6. The Morgan fingerprint density at radius 1 is 1.00 bits per heavy atom. The highest BCUT2D eigenvalue weighted by atomic mass is 32.2. The molecule has 3 heteroatoms. The maximum Gasteiger partial charge on any atom is 0.123 e. The van der Waals surface area contributed by atoms with E-state index in [1.807, 2.05) is 11.8 Å². The highest BCUT2D eigenvalue weighted by Crippen LogP contribution is 2.40. The van der Waals surface area contributed by atoms with Gasteiger partial charge in [-0.05, 0) is 33.3 Å². The smallest absolute Gasteiger partial charge is 0.123 e. The first-order valence-electron chi connectivity index (χ1n) is 7.13. The predicted octanol–water partition coefficient (Wildman–Crippen LogP) is 5.15. The lowest BCUT2D eigenvalue weighted by Gasteiger charge is -2.28. The van der Waals surface area contributed by atoms with Crippen LogP contribution in [0.2, 0.25) is 0 Å². The van der Waals surface area contributed by atoms with Crippen molar-refractivity contribution in [3.8, 4) is 5.75 Å². The second-order valence-electron chi connectivity index (χ2n) is 7.32. The van der Waals surface area contributed by atoms with Crippen LogP contribution < -0.4 is 0 Å². The van der Waals surface area contributed by atoms with Crippen molar-refractivity contribution in [1.82, 2.24) is 0 Å². The number of hydrogen-bond acceptors (Lipinski definition) is 3. The van der Waals surface area contributed by atoms with Gasteiger partial charge in [0.15, 0.2) is 0 Å². The van der Waals surface area contributed by atoms with Gasteiger partial charge in [0.2, 0.25) is 0 Å². The van der Waals surface area contributed by atoms with E-state index >= 15 is 0 Å². The van der Waals surface area contributed by atoms with Crippen molar-refractivity contribution >= 4 is 24.4 Å². The van der Waals surface area contributed by atoms with Gasteiger partial charge in [-0.2, -0.15) is 24.4 Å². The van der Waals surface area contributed by atoms with Gasteiger partial charge in [0.05, 0.1) is 0 Å². The molecule has 114 valence electrons. The number of rotatable bonds is 4. The van der Waals surface area contributed by atoms with Crippen molar-refractivity contribution in [3.63, 3.8) is 0 Å². The number of benzene rings is 1. The normalized spacial score (nSPS) is 12.8. The molecule has 1 N–H and O–H groups in total. The quantitative estimate of drug-likeness (QED) is 0.592. The largest absolute Gasteiger partial charge is 0.507 e. The fourth-order valence-electron chi connectivity index (χ4n) is 2.18. The summed E-state index contributed by atoms with van der Waals surface area (Å²) in [6, 6.07) is 4.33. The zero-order valence-corrected chi connectivity index (χ0v) is 15.3. The molecule has 20 heavy (non-hydrogen) atoms. The summed E-state index contributed by atoms with van der Waals surface area (Å²) in [6.07, 6.45) is 0. The molecule has 0 unspecified atom stereocenters. The maximum atomic E-state index is 10.6. The van der Waals surface area contributed by atoms with E-state index in [9.17, 15) is 5.11 Å². The topological polar surface area (TPSA) is 20.2 Å². The van der Waals surface area contributed by atoms with Crippen LogP contribution in [-0.4, -0.2) is 16.6 Å². The molecule has 0 bridgehead atoms.